The quantitative estimate of drug-likeness (QED) is 0.848. The van der Waals surface area contributed by atoms with Crippen LogP contribution in [0.3, 0.4) is 0 Å². The Morgan fingerprint density at radius 3 is 2.65 bits per heavy atom. The molecule has 2 heterocycles. The highest BCUT2D eigenvalue weighted by Crippen LogP contribution is 2.27. The SMILES string of the molecule is CN1CCC[C@@H]1Cc1cn(OC2CCCCC2)c2ccccc12. The highest BCUT2D eigenvalue weighted by atomic mass is 16.7. The van der Waals surface area contributed by atoms with Crippen LogP contribution in [0.25, 0.3) is 10.9 Å². The van der Waals surface area contributed by atoms with E-state index in [1.165, 1.54) is 68.0 Å². The summed E-state index contributed by atoms with van der Waals surface area (Å²) in [5, 5.41) is 1.36. The van der Waals surface area contributed by atoms with Crippen LogP contribution in [0.5, 0.6) is 0 Å². The number of para-hydroxylation sites is 1. The van der Waals surface area contributed by atoms with Gasteiger partial charge in [0.1, 0.15) is 6.10 Å². The third-order valence-corrected chi connectivity index (χ3v) is 5.70. The zero-order valence-electron chi connectivity index (χ0n) is 14.2. The molecule has 0 N–H and O–H groups in total. The Morgan fingerprint density at radius 1 is 1.04 bits per heavy atom. The van der Waals surface area contributed by atoms with Gasteiger partial charge in [-0.2, -0.15) is 4.73 Å². The van der Waals surface area contributed by atoms with Gasteiger partial charge < -0.3 is 9.74 Å². The van der Waals surface area contributed by atoms with Gasteiger partial charge in [-0.1, -0.05) is 24.6 Å². The third kappa shape index (κ3) is 3.12. The van der Waals surface area contributed by atoms with E-state index in [9.17, 15) is 0 Å². The summed E-state index contributed by atoms with van der Waals surface area (Å²) in [4.78, 5) is 8.85. The van der Waals surface area contributed by atoms with Crippen LogP contribution < -0.4 is 4.84 Å². The fraction of sp³-hybridized carbons (Fsp3) is 0.600. The molecule has 124 valence electrons. The van der Waals surface area contributed by atoms with Crippen molar-refractivity contribution in [3.05, 3.63) is 36.0 Å². The lowest BCUT2D eigenvalue weighted by molar-refractivity contribution is 0.0217. The molecule has 4 rings (SSSR count). The number of nitrogens with zero attached hydrogens (tertiary/aromatic N) is 2. The largest absolute Gasteiger partial charge is 0.411 e. The van der Waals surface area contributed by atoms with Crippen molar-refractivity contribution in [1.29, 1.82) is 0 Å². The monoisotopic (exact) mass is 312 g/mol. The van der Waals surface area contributed by atoms with Gasteiger partial charge in [0.25, 0.3) is 0 Å². The van der Waals surface area contributed by atoms with Crippen LogP contribution in [0.1, 0.15) is 50.5 Å². The standard InChI is InChI=1S/C20H28N2O/c1-21-13-7-8-17(21)14-16-15-22(20-12-6-5-11-19(16)20)23-18-9-3-2-4-10-18/h5-6,11-12,15,17-18H,2-4,7-10,13-14H2,1H3/t17-/m1/s1. The lowest BCUT2D eigenvalue weighted by atomic mass is 9.98. The summed E-state index contributed by atoms with van der Waals surface area (Å²) in [5.74, 6) is 0. The molecule has 1 aliphatic carbocycles. The number of likely N-dealkylation sites (N-methyl/N-ethyl adjacent to an activating group) is 1. The van der Waals surface area contributed by atoms with Crippen molar-refractivity contribution in [2.24, 2.45) is 0 Å². The zero-order chi connectivity index (χ0) is 15.6. The minimum Gasteiger partial charge on any atom is -0.411 e. The summed E-state index contributed by atoms with van der Waals surface area (Å²) in [6.45, 7) is 1.24. The number of hydrogen-bond donors (Lipinski definition) is 0. The van der Waals surface area contributed by atoms with Gasteiger partial charge in [0.05, 0.1) is 5.52 Å². The first-order valence-electron chi connectivity index (χ1n) is 9.27. The van der Waals surface area contributed by atoms with Crippen LogP contribution in [0, 0.1) is 0 Å². The summed E-state index contributed by atoms with van der Waals surface area (Å²) >= 11 is 0. The molecule has 1 aliphatic heterocycles. The van der Waals surface area contributed by atoms with E-state index in [2.05, 4.69) is 47.1 Å². The Kier molecular flexibility index (Phi) is 4.30. The molecule has 2 fully saturated rings. The van der Waals surface area contributed by atoms with E-state index in [1.807, 2.05) is 0 Å². The molecule has 0 unspecified atom stereocenters. The second kappa shape index (κ2) is 6.56. The first-order valence-corrected chi connectivity index (χ1v) is 9.27. The molecule has 0 radical (unpaired) electrons. The molecule has 2 aliphatic rings. The van der Waals surface area contributed by atoms with E-state index in [-0.39, 0.29) is 0 Å². The van der Waals surface area contributed by atoms with Crippen molar-refractivity contribution in [1.82, 2.24) is 9.63 Å². The lowest BCUT2D eigenvalue weighted by Gasteiger charge is -2.23. The molecule has 3 nitrogen and oxygen atoms in total. The lowest BCUT2D eigenvalue weighted by Crippen LogP contribution is -2.27. The Morgan fingerprint density at radius 2 is 1.87 bits per heavy atom. The summed E-state index contributed by atoms with van der Waals surface area (Å²) in [6.07, 6.45) is 12.8. The maximum atomic E-state index is 6.34. The van der Waals surface area contributed by atoms with E-state index in [4.69, 9.17) is 4.84 Å². The van der Waals surface area contributed by atoms with Crippen molar-refractivity contribution in [3.63, 3.8) is 0 Å². The number of rotatable bonds is 4. The van der Waals surface area contributed by atoms with Gasteiger partial charge in [-0.05, 0) is 70.2 Å². The van der Waals surface area contributed by atoms with Gasteiger partial charge in [0, 0.05) is 17.6 Å². The second-order valence-corrected chi connectivity index (χ2v) is 7.34. The number of hydrogen-bond acceptors (Lipinski definition) is 2. The maximum Gasteiger partial charge on any atom is 0.125 e. The van der Waals surface area contributed by atoms with Crippen LogP contribution in [-0.2, 0) is 6.42 Å². The van der Waals surface area contributed by atoms with Crippen molar-refractivity contribution < 1.29 is 4.84 Å². The molecule has 3 heteroatoms. The molecule has 0 amide bonds. The van der Waals surface area contributed by atoms with Crippen molar-refractivity contribution in [3.8, 4) is 0 Å². The predicted octanol–water partition coefficient (Wildman–Crippen LogP) is 4.04. The Bertz CT molecular complexity index is 657. The van der Waals surface area contributed by atoms with Gasteiger partial charge in [0.2, 0.25) is 0 Å². The topological polar surface area (TPSA) is 17.4 Å². The van der Waals surface area contributed by atoms with Crippen LogP contribution in [0.4, 0.5) is 0 Å². The van der Waals surface area contributed by atoms with Gasteiger partial charge >= 0.3 is 0 Å². The predicted molar refractivity (Wildman–Crippen MR) is 94.7 cm³/mol. The minimum atomic E-state index is 0.390. The van der Waals surface area contributed by atoms with Gasteiger partial charge in [-0.15, -0.1) is 0 Å². The number of aromatic nitrogens is 1. The van der Waals surface area contributed by atoms with Gasteiger partial charge in [-0.25, -0.2) is 0 Å². The van der Waals surface area contributed by atoms with E-state index >= 15 is 0 Å². The number of likely N-dealkylation sites (tertiary alicyclic amines) is 1. The van der Waals surface area contributed by atoms with Crippen molar-refractivity contribution >= 4 is 10.9 Å². The highest BCUT2D eigenvalue weighted by molar-refractivity contribution is 5.83. The molecule has 1 saturated carbocycles. The Balaban J connectivity index is 1.60. The summed E-state index contributed by atoms with van der Waals surface area (Å²) < 4.78 is 2.07. The molecule has 1 saturated heterocycles. The molecule has 0 spiro atoms. The first kappa shape index (κ1) is 15.1. The van der Waals surface area contributed by atoms with Crippen LogP contribution >= 0.6 is 0 Å². The van der Waals surface area contributed by atoms with E-state index in [0.29, 0.717) is 12.1 Å². The molecule has 23 heavy (non-hydrogen) atoms. The number of benzene rings is 1. The second-order valence-electron chi connectivity index (χ2n) is 7.34. The third-order valence-electron chi connectivity index (χ3n) is 5.70. The fourth-order valence-corrected chi connectivity index (χ4v) is 4.29. The molecular weight excluding hydrogens is 284 g/mol. The minimum absolute atomic E-state index is 0.390. The molecule has 0 bridgehead atoms. The Labute approximate surface area is 139 Å². The van der Waals surface area contributed by atoms with Crippen LogP contribution in [-0.4, -0.2) is 35.4 Å². The van der Waals surface area contributed by atoms with Crippen LogP contribution in [0.15, 0.2) is 30.5 Å². The summed E-state index contributed by atoms with van der Waals surface area (Å²) in [7, 11) is 2.26. The normalized spacial score (nSPS) is 23.6. The van der Waals surface area contributed by atoms with Crippen molar-refractivity contribution in [2.45, 2.75) is 63.5 Å². The first-order chi connectivity index (χ1) is 11.3. The van der Waals surface area contributed by atoms with Crippen molar-refractivity contribution in [2.75, 3.05) is 13.6 Å². The van der Waals surface area contributed by atoms with E-state index < -0.39 is 0 Å². The molecule has 1 aromatic carbocycles. The average Bonchev–Trinajstić information content (AvgIpc) is 3.14. The van der Waals surface area contributed by atoms with Gasteiger partial charge in [0.15, 0.2) is 0 Å². The number of fused-ring (bicyclic) bond motifs is 1. The highest BCUT2D eigenvalue weighted by Gasteiger charge is 2.23. The van der Waals surface area contributed by atoms with Gasteiger partial charge in [-0.3, -0.25) is 0 Å². The fourth-order valence-electron chi connectivity index (χ4n) is 4.29. The molecule has 1 aromatic heterocycles. The van der Waals surface area contributed by atoms with E-state index in [0.717, 1.165) is 6.42 Å². The molecule has 2 aromatic rings. The maximum absolute atomic E-state index is 6.34. The smallest absolute Gasteiger partial charge is 0.125 e. The molecule has 1 atom stereocenters. The zero-order valence-corrected chi connectivity index (χ0v) is 14.2. The Hall–Kier alpha value is -1.48. The molecular formula is C20H28N2O. The summed E-state index contributed by atoms with van der Waals surface area (Å²) in [6, 6.07) is 9.40. The van der Waals surface area contributed by atoms with E-state index in [1.54, 1.807) is 0 Å². The average molecular weight is 312 g/mol. The summed E-state index contributed by atoms with van der Waals surface area (Å²) in [5.41, 5.74) is 2.67. The van der Waals surface area contributed by atoms with Crippen LogP contribution in [0.2, 0.25) is 0 Å².